The lowest BCUT2D eigenvalue weighted by molar-refractivity contribution is -0.143. The van der Waals surface area contributed by atoms with Crippen LogP contribution in [0.4, 0.5) is 0 Å². The van der Waals surface area contributed by atoms with E-state index in [9.17, 15) is 4.79 Å². The highest BCUT2D eigenvalue weighted by molar-refractivity contribution is 5.70. The van der Waals surface area contributed by atoms with E-state index in [-0.39, 0.29) is 12.1 Å². The highest BCUT2D eigenvalue weighted by atomic mass is 16.4. The van der Waals surface area contributed by atoms with Gasteiger partial charge in [-0.05, 0) is 19.8 Å². The van der Waals surface area contributed by atoms with E-state index in [4.69, 9.17) is 10.2 Å². The summed E-state index contributed by atoms with van der Waals surface area (Å²) in [6.45, 7) is 6.30. The van der Waals surface area contributed by atoms with Gasteiger partial charge in [0.1, 0.15) is 0 Å². The number of aliphatic carboxylic acids is 1. The van der Waals surface area contributed by atoms with E-state index in [1.54, 1.807) is 0 Å². The predicted octanol–water partition coefficient (Wildman–Crippen LogP) is 1.24. The zero-order chi connectivity index (χ0) is 11.9. The average molecular weight is 217 g/mol. The zero-order valence-electron chi connectivity index (χ0n) is 9.92. The molecule has 0 aliphatic rings. The minimum atomic E-state index is -0.944. The van der Waals surface area contributed by atoms with Crippen molar-refractivity contribution in [3.63, 3.8) is 0 Å². The maximum absolute atomic E-state index is 10.7. The normalized spacial score (nSPS) is 17.1. The molecule has 0 aromatic heterocycles. The Balaban J connectivity index is 4.14. The molecule has 2 unspecified atom stereocenters. The van der Waals surface area contributed by atoms with Gasteiger partial charge in [0.2, 0.25) is 0 Å². The van der Waals surface area contributed by atoms with E-state index >= 15 is 0 Å². The van der Waals surface area contributed by atoms with Crippen LogP contribution in [0.25, 0.3) is 0 Å². The minimum absolute atomic E-state index is 0.0163. The highest BCUT2D eigenvalue weighted by Gasteiger charge is 2.24. The third kappa shape index (κ3) is 5.14. The lowest BCUT2D eigenvalue weighted by Gasteiger charge is -2.30. The maximum atomic E-state index is 10.7. The van der Waals surface area contributed by atoms with Gasteiger partial charge in [-0.25, -0.2) is 0 Å². The largest absolute Gasteiger partial charge is 0.481 e. The number of hydrogen-bond acceptors (Lipinski definition) is 3. The van der Waals surface area contributed by atoms with Gasteiger partial charge in [0, 0.05) is 12.1 Å². The quantitative estimate of drug-likeness (QED) is 0.572. The molecule has 90 valence electrons. The molecule has 0 saturated carbocycles. The highest BCUT2D eigenvalue weighted by Crippen LogP contribution is 2.16. The molecule has 0 spiro atoms. The second-order valence-corrected chi connectivity index (χ2v) is 4.26. The number of hydrogen-bond donors (Lipinski definition) is 3. The van der Waals surface area contributed by atoms with Crippen LogP contribution in [0.3, 0.4) is 0 Å². The summed E-state index contributed by atoms with van der Waals surface area (Å²) in [5.41, 5.74) is -0.0163. The number of carboxylic acids is 1. The molecule has 0 amide bonds. The van der Waals surface area contributed by atoms with Crippen LogP contribution in [0.1, 0.15) is 40.0 Å². The second kappa shape index (κ2) is 6.80. The Bertz CT molecular complexity index is 196. The second-order valence-electron chi connectivity index (χ2n) is 4.26. The van der Waals surface area contributed by atoms with Crippen molar-refractivity contribution in [2.24, 2.45) is 5.92 Å². The molecule has 2 atom stereocenters. The molecule has 4 heteroatoms. The van der Waals surface area contributed by atoms with Crippen molar-refractivity contribution in [1.29, 1.82) is 0 Å². The SMILES string of the molecule is CCCC(C)(CC)NCC(CO)C(=O)O. The summed E-state index contributed by atoms with van der Waals surface area (Å²) in [7, 11) is 0. The maximum Gasteiger partial charge on any atom is 0.310 e. The van der Waals surface area contributed by atoms with Gasteiger partial charge in [-0.3, -0.25) is 4.79 Å². The Morgan fingerprint density at radius 1 is 1.47 bits per heavy atom. The fraction of sp³-hybridized carbons (Fsp3) is 0.909. The predicted molar refractivity (Wildman–Crippen MR) is 59.8 cm³/mol. The van der Waals surface area contributed by atoms with Crippen molar-refractivity contribution in [3.05, 3.63) is 0 Å². The van der Waals surface area contributed by atoms with Gasteiger partial charge >= 0.3 is 5.97 Å². The molecule has 0 aromatic rings. The van der Waals surface area contributed by atoms with Gasteiger partial charge in [-0.1, -0.05) is 20.3 Å². The molecule has 4 nitrogen and oxygen atoms in total. The van der Waals surface area contributed by atoms with Gasteiger partial charge in [0.15, 0.2) is 0 Å². The van der Waals surface area contributed by atoms with Crippen LogP contribution in [-0.4, -0.2) is 34.9 Å². The first-order valence-corrected chi connectivity index (χ1v) is 5.57. The molecule has 0 bridgehead atoms. The molecular formula is C11H23NO3. The fourth-order valence-corrected chi connectivity index (χ4v) is 1.54. The molecule has 15 heavy (non-hydrogen) atoms. The van der Waals surface area contributed by atoms with Crippen molar-refractivity contribution < 1.29 is 15.0 Å². The minimum Gasteiger partial charge on any atom is -0.481 e. The molecular weight excluding hydrogens is 194 g/mol. The Kier molecular flexibility index (Phi) is 6.52. The Labute approximate surface area is 91.7 Å². The first kappa shape index (κ1) is 14.4. The summed E-state index contributed by atoms with van der Waals surface area (Å²) in [6.07, 6.45) is 3.04. The van der Waals surface area contributed by atoms with Gasteiger partial charge in [0.05, 0.1) is 12.5 Å². The first-order valence-electron chi connectivity index (χ1n) is 5.57. The Morgan fingerprint density at radius 2 is 2.07 bits per heavy atom. The van der Waals surface area contributed by atoms with Crippen LogP contribution in [-0.2, 0) is 4.79 Å². The summed E-state index contributed by atoms with van der Waals surface area (Å²) in [5, 5.41) is 20.9. The zero-order valence-corrected chi connectivity index (χ0v) is 9.92. The molecule has 0 aliphatic heterocycles. The monoisotopic (exact) mass is 217 g/mol. The van der Waals surface area contributed by atoms with Crippen LogP contribution < -0.4 is 5.32 Å². The Hall–Kier alpha value is -0.610. The van der Waals surface area contributed by atoms with Crippen LogP contribution in [0.15, 0.2) is 0 Å². The lowest BCUT2D eigenvalue weighted by atomic mass is 9.92. The Morgan fingerprint density at radius 3 is 2.40 bits per heavy atom. The number of rotatable bonds is 8. The van der Waals surface area contributed by atoms with E-state index in [1.165, 1.54) is 0 Å². The molecule has 0 fully saturated rings. The summed E-state index contributed by atoms with van der Waals surface area (Å²) in [4.78, 5) is 10.7. The summed E-state index contributed by atoms with van der Waals surface area (Å²) in [6, 6.07) is 0. The summed E-state index contributed by atoms with van der Waals surface area (Å²) < 4.78 is 0. The summed E-state index contributed by atoms with van der Waals surface area (Å²) >= 11 is 0. The van der Waals surface area contributed by atoms with Crippen LogP contribution >= 0.6 is 0 Å². The molecule has 0 heterocycles. The molecule has 0 rings (SSSR count). The van der Waals surface area contributed by atoms with Crippen LogP contribution in [0.5, 0.6) is 0 Å². The van der Waals surface area contributed by atoms with E-state index < -0.39 is 11.9 Å². The number of carbonyl (C=O) groups is 1. The van der Waals surface area contributed by atoms with Crippen molar-refractivity contribution in [1.82, 2.24) is 5.32 Å². The van der Waals surface area contributed by atoms with E-state index in [2.05, 4.69) is 26.1 Å². The van der Waals surface area contributed by atoms with E-state index in [1.807, 2.05) is 0 Å². The number of nitrogens with one attached hydrogen (secondary N) is 1. The topological polar surface area (TPSA) is 69.6 Å². The standard InChI is InChI=1S/C11H23NO3/c1-4-6-11(3,5-2)12-7-9(8-13)10(14)15/h9,12-13H,4-8H2,1-3H3,(H,14,15). The lowest BCUT2D eigenvalue weighted by Crippen LogP contribution is -2.46. The molecule has 0 saturated heterocycles. The van der Waals surface area contributed by atoms with E-state index in [0.29, 0.717) is 6.54 Å². The summed E-state index contributed by atoms with van der Waals surface area (Å²) in [5.74, 6) is -1.65. The molecule has 0 aliphatic carbocycles. The van der Waals surface area contributed by atoms with Crippen molar-refractivity contribution in [2.45, 2.75) is 45.6 Å². The van der Waals surface area contributed by atoms with Crippen molar-refractivity contribution >= 4 is 5.97 Å². The van der Waals surface area contributed by atoms with Gasteiger partial charge in [-0.2, -0.15) is 0 Å². The fourth-order valence-electron chi connectivity index (χ4n) is 1.54. The number of aliphatic hydroxyl groups excluding tert-OH is 1. The smallest absolute Gasteiger partial charge is 0.310 e. The van der Waals surface area contributed by atoms with Crippen LogP contribution in [0, 0.1) is 5.92 Å². The third-order valence-corrected chi connectivity index (χ3v) is 2.93. The van der Waals surface area contributed by atoms with Crippen LogP contribution in [0.2, 0.25) is 0 Å². The molecule has 0 aromatic carbocycles. The van der Waals surface area contributed by atoms with Gasteiger partial charge in [-0.15, -0.1) is 0 Å². The van der Waals surface area contributed by atoms with Crippen molar-refractivity contribution in [3.8, 4) is 0 Å². The number of carboxylic acid groups (broad SMARTS) is 1. The average Bonchev–Trinajstić information content (AvgIpc) is 2.18. The molecule has 3 N–H and O–H groups in total. The van der Waals surface area contributed by atoms with Gasteiger partial charge < -0.3 is 15.5 Å². The van der Waals surface area contributed by atoms with Crippen molar-refractivity contribution in [2.75, 3.05) is 13.2 Å². The number of aliphatic hydroxyl groups is 1. The van der Waals surface area contributed by atoms with E-state index in [0.717, 1.165) is 19.3 Å². The third-order valence-electron chi connectivity index (χ3n) is 2.93. The first-order chi connectivity index (χ1) is 6.99. The molecule has 0 radical (unpaired) electrons. The van der Waals surface area contributed by atoms with Gasteiger partial charge in [0.25, 0.3) is 0 Å².